The van der Waals surface area contributed by atoms with Crippen molar-refractivity contribution >= 4 is 33.6 Å². The van der Waals surface area contributed by atoms with Gasteiger partial charge in [-0.3, -0.25) is 0 Å². The summed E-state index contributed by atoms with van der Waals surface area (Å²) < 4.78 is 0. The van der Waals surface area contributed by atoms with E-state index in [4.69, 9.17) is 11.6 Å². The highest BCUT2D eigenvalue weighted by Crippen LogP contribution is 2.28. The molecule has 0 bridgehead atoms. The van der Waals surface area contributed by atoms with E-state index in [1.165, 1.54) is 0 Å². The number of hydrogen-bond acceptors (Lipinski definition) is 1. The molecule has 0 aliphatic heterocycles. The van der Waals surface area contributed by atoms with Crippen LogP contribution in [0.1, 0.15) is 11.1 Å². The van der Waals surface area contributed by atoms with Gasteiger partial charge < -0.3 is 5.11 Å². The molecule has 0 radical (unpaired) electrons. The summed E-state index contributed by atoms with van der Waals surface area (Å²) in [6.45, 7) is 1.83. The molecule has 1 aromatic carbocycles. The quantitative estimate of drug-likeness (QED) is 0.804. The van der Waals surface area contributed by atoms with Crippen LogP contribution in [0.5, 0.6) is 5.75 Å². The van der Waals surface area contributed by atoms with Crippen LogP contribution in [0.2, 0.25) is 5.02 Å². The third kappa shape index (κ3) is 2.75. The van der Waals surface area contributed by atoms with E-state index in [9.17, 15) is 5.11 Å². The molecule has 0 aliphatic rings. The van der Waals surface area contributed by atoms with Crippen molar-refractivity contribution in [2.24, 2.45) is 0 Å². The molecule has 0 heterocycles. The third-order valence-electron chi connectivity index (χ3n) is 1.68. The van der Waals surface area contributed by atoms with Gasteiger partial charge >= 0.3 is 0 Å². The van der Waals surface area contributed by atoms with Crippen LogP contribution in [0.3, 0.4) is 0 Å². The molecule has 0 atom stereocenters. The average Bonchev–Trinajstić information content (AvgIpc) is 2.10. The van der Waals surface area contributed by atoms with E-state index < -0.39 is 0 Å². The summed E-state index contributed by atoms with van der Waals surface area (Å²) in [5.74, 6) is 0.164. The Labute approximate surface area is 91.2 Å². The smallest absolute Gasteiger partial charge is 0.137 e. The van der Waals surface area contributed by atoms with Gasteiger partial charge in [-0.2, -0.15) is 0 Å². The average molecular weight is 262 g/mol. The molecule has 1 nitrogen and oxygen atoms in total. The van der Waals surface area contributed by atoms with Gasteiger partial charge in [0.25, 0.3) is 0 Å². The van der Waals surface area contributed by atoms with E-state index >= 15 is 0 Å². The zero-order chi connectivity index (χ0) is 9.84. The summed E-state index contributed by atoms with van der Waals surface area (Å²) in [4.78, 5) is 0. The van der Waals surface area contributed by atoms with Crippen molar-refractivity contribution in [2.75, 3.05) is 5.33 Å². The van der Waals surface area contributed by atoms with Crippen molar-refractivity contribution in [2.45, 2.75) is 6.92 Å². The molecule has 0 amide bonds. The minimum Gasteiger partial charge on any atom is -0.506 e. The molecule has 0 saturated carbocycles. The molecular weight excluding hydrogens is 251 g/mol. The largest absolute Gasteiger partial charge is 0.506 e. The lowest BCUT2D eigenvalue weighted by Crippen LogP contribution is -1.79. The summed E-state index contributed by atoms with van der Waals surface area (Å²) in [5, 5.41) is 10.6. The number of aromatic hydroxyl groups is 1. The molecule has 0 unspecified atom stereocenters. The van der Waals surface area contributed by atoms with Crippen molar-refractivity contribution in [3.63, 3.8) is 0 Å². The molecule has 1 rings (SSSR count). The fourth-order valence-corrected chi connectivity index (χ4v) is 1.50. The van der Waals surface area contributed by atoms with E-state index in [-0.39, 0.29) is 5.75 Å². The predicted molar refractivity (Wildman–Crippen MR) is 60.7 cm³/mol. The highest BCUT2D eigenvalue weighted by Gasteiger charge is 2.02. The number of alkyl halides is 1. The molecule has 0 aromatic heterocycles. The van der Waals surface area contributed by atoms with Crippen molar-refractivity contribution in [3.8, 4) is 5.75 Å². The lowest BCUT2D eigenvalue weighted by molar-refractivity contribution is 0.471. The van der Waals surface area contributed by atoms with Crippen molar-refractivity contribution in [1.82, 2.24) is 0 Å². The molecular formula is C10H10BrClO. The second kappa shape index (κ2) is 4.68. The second-order valence-corrected chi connectivity index (χ2v) is 3.78. The van der Waals surface area contributed by atoms with Crippen LogP contribution < -0.4 is 0 Å². The summed E-state index contributed by atoms with van der Waals surface area (Å²) in [6.07, 6.45) is 3.93. The number of benzene rings is 1. The van der Waals surface area contributed by atoms with Crippen LogP contribution >= 0.6 is 27.5 Å². The number of halogens is 2. The first-order chi connectivity index (χ1) is 6.15. The molecule has 70 valence electrons. The Morgan fingerprint density at radius 3 is 2.77 bits per heavy atom. The minimum atomic E-state index is 0.164. The number of phenolic OH excluding ortho intramolecular Hbond substituents is 1. The summed E-state index contributed by atoms with van der Waals surface area (Å²) >= 11 is 9.09. The van der Waals surface area contributed by atoms with Crippen LogP contribution in [0.4, 0.5) is 0 Å². The van der Waals surface area contributed by atoms with Gasteiger partial charge in [0, 0.05) is 5.33 Å². The van der Waals surface area contributed by atoms with Gasteiger partial charge in [-0.15, -0.1) is 0 Å². The van der Waals surface area contributed by atoms with Crippen molar-refractivity contribution < 1.29 is 5.11 Å². The zero-order valence-corrected chi connectivity index (χ0v) is 9.56. The summed E-state index contributed by atoms with van der Waals surface area (Å²) in [7, 11) is 0. The van der Waals surface area contributed by atoms with Gasteiger partial charge in [0.05, 0.1) is 5.02 Å². The lowest BCUT2D eigenvalue weighted by atomic mass is 10.1. The monoisotopic (exact) mass is 260 g/mol. The molecule has 0 saturated heterocycles. The minimum absolute atomic E-state index is 0.164. The molecule has 0 aliphatic carbocycles. The molecule has 1 aromatic rings. The van der Waals surface area contributed by atoms with Crippen molar-refractivity contribution in [1.29, 1.82) is 0 Å². The first kappa shape index (κ1) is 10.6. The fraction of sp³-hybridized carbons (Fsp3) is 0.200. The van der Waals surface area contributed by atoms with Gasteiger partial charge in [0.1, 0.15) is 5.75 Å². The van der Waals surface area contributed by atoms with Gasteiger partial charge in [-0.05, 0) is 30.2 Å². The van der Waals surface area contributed by atoms with Gasteiger partial charge in [0.15, 0.2) is 0 Å². The highest BCUT2D eigenvalue weighted by molar-refractivity contribution is 9.09. The van der Waals surface area contributed by atoms with E-state index in [2.05, 4.69) is 15.9 Å². The Morgan fingerprint density at radius 2 is 2.23 bits per heavy atom. The maximum absolute atomic E-state index is 9.39. The van der Waals surface area contributed by atoms with Gasteiger partial charge in [0.2, 0.25) is 0 Å². The molecule has 0 fully saturated rings. The van der Waals surface area contributed by atoms with E-state index in [1.807, 2.05) is 25.1 Å². The Kier molecular flexibility index (Phi) is 3.82. The third-order valence-corrected chi connectivity index (χ3v) is 2.34. The second-order valence-electron chi connectivity index (χ2n) is 2.72. The lowest BCUT2D eigenvalue weighted by Gasteiger charge is -2.02. The maximum atomic E-state index is 9.39. The standard InChI is InChI=1S/C10H10BrClO/c1-7-5-8(3-2-4-11)6-9(12)10(7)13/h2-3,5-6,13H,4H2,1H3. The van der Waals surface area contributed by atoms with Crippen LogP contribution in [-0.2, 0) is 0 Å². The van der Waals surface area contributed by atoms with Crippen molar-refractivity contribution in [3.05, 3.63) is 34.4 Å². The number of hydrogen-bond donors (Lipinski definition) is 1. The predicted octanol–water partition coefficient (Wildman–Crippen LogP) is 3.76. The van der Waals surface area contributed by atoms with Crippen LogP contribution in [0, 0.1) is 6.92 Å². The van der Waals surface area contributed by atoms with Crippen LogP contribution in [-0.4, -0.2) is 10.4 Å². The fourth-order valence-electron chi connectivity index (χ4n) is 1.04. The van der Waals surface area contributed by atoms with Crippen LogP contribution in [0.25, 0.3) is 6.08 Å². The van der Waals surface area contributed by atoms with E-state index in [0.717, 1.165) is 16.5 Å². The Balaban J connectivity index is 3.06. The number of aryl methyl sites for hydroxylation is 1. The van der Waals surface area contributed by atoms with E-state index in [0.29, 0.717) is 5.02 Å². The highest BCUT2D eigenvalue weighted by atomic mass is 79.9. The van der Waals surface area contributed by atoms with Gasteiger partial charge in [-0.25, -0.2) is 0 Å². The SMILES string of the molecule is Cc1cc(C=CCBr)cc(Cl)c1O. The number of phenols is 1. The molecule has 0 spiro atoms. The Bertz CT molecular complexity index is 311. The maximum Gasteiger partial charge on any atom is 0.137 e. The topological polar surface area (TPSA) is 20.2 Å². The zero-order valence-electron chi connectivity index (χ0n) is 7.22. The Hall–Kier alpha value is -0.470. The molecule has 13 heavy (non-hydrogen) atoms. The molecule has 1 N–H and O–H groups in total. The van der Waals surface area contributed by atoms with Crippen LogP contribution in [0.15, 0.2) is 18.2 Å². The molecule has 3 heteroatoms. The first-order valence-corrected chi connectivity index (χ1v) is 5.36. The summed E-state index contributed by atoms with van der Waals surface area (Å²) in [6, 6.07) is 3.63. The summed E-state index contributed by atoms with van der Waals surface area (Å²) in [5.41, 5.74) is 1.79. The van der Waals surface area contributed by atoms with Gasteiger partial charge in [-0.1, -0.05) is 39.7 Å². The van der Waals surface area contributed by atoms with E-state index in [1.54, 1.807) is 6.07 Å². The number of rotatable bonds is 2. The Morgan fingerprint density at radius 1 is 1.54 bits per heavy atom. The normalized spacial score (nSPS) is 11.0. The number of allylic oxidation sites excluding steroid dienone is 1. The first-order valence-electron chi connectivity index (χ1n) is 3.86.